The molecule has 16 heavy (non-hydrogen) atoms. The van der Waals surface area contributed by atoms with Gasteiger partial charge in [-0.05, 0) is 39.3 Å². The second-order valence-electron chi connectivity index (χ2n) is 6.13. The first-order chi connectivity index (χ1) is 7.51. The van der Waals surface area contributed by atoms with E-state index >= 15 is 0 Å². The van der Waals surface area contributed by atoms with Gasteiger partial charge in [-0.15, -0.1) is 0 Å². The number of hydrogen-bond acceptors (Lipinski definition) is 3. The topological polar surface area (TPSA) is 35.5 Å². The minimum Gasteiger partial charge on any atom is -0.392 e. The summed E-state index contributed by atoms with van der Waals surface area (Å²) in [5, 5.41) is 13.3. The lowest BCUT2D eigenvalue weighted by Crippen LogP contribution is -2.61. The third-order valence-corrected chi connectivity index (χ3v) is 4.64. The van der Waals surface area contributed by atoms with Gasteiger partial charge in [0.15, 0.2) is 0 Å². The lowest BCUT2D eigenvalue weighted by Gasteiger charge is -2.50. The Morgan fingerprint density at radius 1 is 1.38 bits per heavy atom. The first kappa shape index (κ1) is 12.3. The number of aliphatic hydroxyl groups is 1. The highest BCUT2D eigenvalue weighted by atomic mass is 16.3. The summed E-state index contributed by atoms with van der Waals surface area (Å²) in [6.45, 7) is 10.2. The highest BCUT2D eigenvalue weighted by molar-refractivity contribution is 5.01. The monoisotopic (exact) mass is 226 g/mol. The third kappa shape index (κ3) is 2.27. The number of rotatable bonds is 4. The average Bonchev–Trinajstić information content (AvgIpc) is 2.76. The normalized spacial score (nSPS) is 36.0. The fourth-order valence-corrected chi connectivity index (χ4v) is 2.87. The number of likely N-dealkylation sites (tertiary alicyclic amines) is 1. The molecule has 0 spiro atoms. The van der Waals surface area contributed by atoms with Crippen molar-refractivity contribution >= 4 is 0 Å². The molecule has 2 rings (SSSR count). The van der Waals surface area contributed by atoms with E-state index in [0.717, 1.165) is 13.0 Å². The zero-order valence-electron chi connectivity index (χ0n) is 10.9. The first-order valence-corrected chi connectivity index (χ1v) is 6.67. The first-order valence-electron chi connectivity index (χ1n) is 6.67. The summed E-state index contributed by atoms with van der Waals surface area (Å²) < 4.78 is 0. The minimum atomic E-state index is -0.118. The van der Waals surface area contributed by atoms with Crippen molar-refractivity contribution < 1.29 is 5.11 Å². The van der Waals surface area contributed by atoms with E-state index in [9.17, 15) is 5.11 Å². The van der Waals surface area contributed by atoms with Crippen LogP contribution in [0.5, 0.6) is 0 Å². The number of aliphatic hydroxyl groups excluding tert-OH is 1. The fraction of sp³-hybridized carbons (Fsp3) is 1.00. The molecule has 3 heteroatoms. The molecule has 0 bridgehead atoms. The molecule has 0 radical (unpaired) electrons. The molecule has 0 amide bonds. The number of nitrogens with zero attached hydrogens (tertiary/aromatic N) is 1. The van der Waals surface area contributed by atoms with E-state index in [0.29, 0.717) is 12.1 Å². The second kappa shape index (κ2) is 4.63. The maximum Gasteiger partial charge on any atom is 0.0621 e. The maximum absolute atomic E-state index is 9.67. The summed E-state index contributed by atoms with van der Waals surface area (Å²) in [5.41, 5.74) is 0.0602. The van der Waals surface area contributed by atoms with Crippen LogP contribution >= 0.6 is 0 Å². The SMILES string of the molecule is CC(CNC1CC(O)C1(C)C)N1CCCC1. The summed E-state index contributed by atoms with van der Waals surface area (Å²) in [6, 6.07) is 1.13. The van der Waals surface area contributed by atoms with Gasteiger partial charge in [0.05, 0.1) is 6.10 Å². The van der Waals surface area contributed by atoms with Crippen molar-refractivity contribution in [1.82, 2.24) is 10.2 Å². The summed E-state index contributed by atoms with van der Waals surface area (Å²) in [7, 11) is 0. The summed E-state index contributed by atoms with van der Waals surface area (Å²) in [6.07, 6.45) is 3.52. The number of hydrogen-bond donors (Lipinski definition) is 2. The molecular weight excluding hydrogens is 200 g/mol. The quantitative estimate of drug-likeness (QED) is 0.756. The largest absolute Gasteiger partial charge is 0.392 e. The standard InChI is InChI=1S/C13H26N2O/c1-10(15-6-4-5-7-15)9-14-11-8-12(16)13(11,2)3/h10-12,14,16H,4-9H2,1-3H3. The Labute approximate surface area is 99.2 Å². The summed E-state index contributed by atoms with van der Waals surface area (Å²) in [4.78, 5) is 2.56. The lowest BCUT2D eigenvalue weighted by molar-refractivity contribution is -0.0735. The molecule has 1 aliphatic carbocycles. The van der Waals surface area contributed by atoms with Crippen molar-refractivity contribution in [2.24, 2.45) is 5.41 Å². The van der Waals surface area contributed by atoms with Crippen molar-refractivity contribution in [3.8, 4) is 0 Å². The number of nitrogens with one attached hydrogen (secondary N) is 1. The molecule has 0 aromatic carbocycles. The van der Waals surface area contributed by atoms with Crippen LogP contribution in [0.3, 0.4) is 0 Å². The van der Waals surface area contributed by atoms with Crippen LogP contribution in [-0.4, -0.2) is 47.8 Å². The minimum absolute atomic E-state index is 0.0602. The van der Waals surface area contributed by atoms with Gasteiger partial charge < -0.3 is 10.4 Å². The lowest BCUT2D eigenvalue weighted by atomic mass is 9.64. The van der Waals surface area contributed by atoms with Gasteiger partial charge in [-0.1, -0.05) is 13.8 Å². The van der Waals surface area contributed by atoms with E-state index in [1.54, 1.807) is 0 Å². The van der Waals surface area contributed by atoms with Crippen LogP contribution in [0.2, 0.25) is 0 Å². The molecule has 3 nitrogen and oxygen atoms in total. The maximum atomic E-state index is 9.67. The summed E-state index contributed by atoms with van der Waals surface area (Å²) >= 11 is 0. The van der Waals surface area contributed by atoms with Crippen molar-refractivity contribution in [3.05, 3.63) is 0 Å². The van der Waals surface area contributed by atoms with E-state index in [1.165, 1.54) is 25.9 Å². The van der Waals surface area contributed by atoms with Gasteiger partial charge in [0, 0.05) is 24.0 Å². The zero-order chi connectivity index (χ0) is 11.8. The van der Waals surface area contributed by atoms with Crippen LogP contribution in [0.25, 0.3) is 0 Å². The average molecular weight is 226 g/mol. The molecule has 2 fully saturated rings. The van der Waals surface area contributed by atoms with E-state index in [-0.39, 0.29) is 11.5 Å². The van der Waals surface area contributed by atoms with E-state index < -0.39 is 0 Å². The van der Waals surface area contributed by atoms with Crippen molar-refractivity contribution in [1.29, 1.82) is 0 Å². The zero-order valence-corrected chi connectivity index (χ0v) is 10.9. The molecule has 2 aliphatic rings. The molecule has 0 aromatic rings. The van der Waals surface area contributed by atoms with Gasteiger partial charge in [-0.25, -0.2) is 0 Å². The molecule has 1 aliphatic heterocycles. The highest BCUT2D eigenvalue weighted by Crippen LogP contribution is 2.40. The van der Waals surface area contributed by atoms with E-state index in [4.69, 9.17) is 0 Å². The van der Waals surface area contributed by atoms with Crippen molar-refractivity contribution in [3.63, 3.8) is 0 Å². The molecule has 3 atom stereocenters. The smallest absolute Gasteiger partial charge is 0.0621 e. The van der Waals surface area contributed by atoms with Gasteiger partial charge >= 0.3 is 0 Å². The molecule has 94 valence electrons. The summed E-state index contributed by atoms with van der Waals surface area (Å²) in [5.74, 6) is 0. The molecule has 0 aromatic heterocycles. The van der Waals surface area contributed by atoms with E-state index in [1.807, 2.05) is 0 Å². The van der Waals surface area contributed by atoms with Gasteiger partial charge in [0.1, 0.15) is 0 Å². The fourth-order valence-electron chi connectivity index (χ4n) is 2.87. The van der Waals surface area contributed by atoms with E-state index in [2.05, 4.69) is 31.0 Å². The van der Waals surface area contributed by atoms with Crippen molar-refractivity contribution in [2.45, 2.75) is 58.2 Å². The molecule has 3 unspecified atom stereocenters. The van der Waals surface area contributed by atoms with Crippen LogP contribution in [0.4, 0.5) is 0 Å². The Balaban J connectivity index is 1.71. The molecule has 2 N–H and O–H groups in total. The van der Waals surface area contributed by atoms with Crippen LogP contribution < -0.4 is 5.32 Å². The van der Waals surface area contributed by atoms with Gasteiger partial charge in [-0.3, -0.25) is 4.90 Å². The Morgan fingerprint density at radius 3 is 2.50 bits per heavy atom. The second-order valence-corrected chi connectivity index (χ2v) is 6.13. The Bertz CT molecular complexity index is 236. The molecule has 1 heterocycles. The van der Waals surface area contributed by atoms with Crippen LogP contribution in [-0.2, 0) is 0 Å². The third-order valence-electron chi connectivity index (χ3n) is 4.64. The predicted octanol–water partition coefficient (Wildman–Crippen LogP) is 1.22. The Hall–Kier alpha value is -0.120. The van der Waals surface area contributed by atoms with Gasteiger partial charge in [0.25, 0.3) is 0 Å². The molecular formula is C13H26N2O. The van der Waals surface area contributed by atoms with Gasteiger partial charge in [-0.2, -0.15) is 0 Å². The molecule has 1 saturated heterocycles. The van der Waals surface area contributed by atoms with Crippen molar-refractivity contribution in [2.75, 3.05) is 19.6 Å². The van der Waals surface area contributed by atoms with Crippen LogP contribution in [0.15, 0.2) is 0 Å². The molecule has 1 saturated carbocycles. The van der Waals surface area contributed by atoms with Gasteiger partial charge in [0.2, 0.25) is 0 Å². The van der Waals surface area contributed by atoms with Crippen LogP contribution in [0.1, 0.15) is 40.0 Å². The highest BCUT2D eigenvalue weighted by Gasteiger charge is 2.46. The Kier molecular flexibility index (Phi) is 3.57. The Morgan fingerprint density at radius 2 is 2.00 bits per heavy atom. The van der Waals surface area contributed by atoms with Crippen LogP contribution in [0, 0.1) is 5.41 Å². The predicted molar refractivity (Wildman–Crippen MR) is 66.5 cm³/mol.